The first-order valence-corrected chi connectivity index (χ1v) is 8.67. The molecule has 0 saturated heterocycles. The first-order chi connectivity index (χ1) is 11.7. The normalized spacial score (nSPS) is 11.4. The predicted octanol–water partition coefficient (Wildman–Crippen LogP) is 1.39. The summed E-state index contributed by atoms with van der Waals surface area (Å²) in [6, 6.07) is 0. The minimum atomic E-state index is -0.496. The highest BCUT2D eigenvalue weighted by molar-refractivity contribution is 14.0. The van der Waals surface area contributed by atoms with Crippen LogP contribution in [0.15, 0.2) is 4.99 Å². The van der Waals surface area contributed by atoms with Gasteiger partial charge in [0.15, 0.2) is 5.96 Å². The Balaban J connectivity index is 0. The number of nitrogens with zero attached hydrogens (tertiary/aromatic N) is 2. The second kappa shape index (κ2) is 15.0. The maximum atomic E-state index is 11.7. The van der Waals surface area contributed by atoms with Crippen molar-refractivity contribution in [2.24, 2.45) is 4.99 Å². The van der Waals surface area contributed by atoms with Crippen LogP contribution in [0.3, 0.4) is 0 Å². The molecule has 8 nitrogen and oxygen atoms in total. The van der Waals surface area contributed by atoms with Crippen molar-refractivity contribution in [3.8, 4) is 0 Å². The highest BCUT2D eigenvalue weighted by atomic mass is 127. The molecule has 0 radical (unpaired) electrons. The largest absolute Gasteiger partial charge is 0.460 e. The van der Waals surface area contributed by atoms with E-state index in [0.717, 1.165) is 6.42 Å². The number of hydrogen-bond donors (Lipinski definition) is 2. The van der Waals surface area contributed by atoms with Crippen LogP contribution in [-0.2, 0) is 19.1 Å². The molecule has 0 aliphatic heterocycles. The van der Waals surface area contributed by atoms with Crippen LogP contribution >= 0.6 is 24.0 Å². The number of aliphatic imine (C=N–C) groups is 1. The zero-order valence-corrected chi connectivity index (χ0v) is 19.2. The fraction of sp³-hybridized carbons (Fsp3) is 0.824. The van der Waals surface area contributed by atoms with E-state index >= 15 is 0 Å². The van der Waals surface area contributed by atoms with E-state index in [1.807, 2.05) is 27.7 Å². The lowest BCUT2D eigenvalue weighted by Gasteiger charge is -2.19. The van der Waals surface area contributed by atoms with Crippen molar-refractivity contribution >= 4 is 41.8 Å². The minimum absolute atomic E-state index is 0. The number of likely N-dealkylation sites (N-methyl/N-ethyl adjacent to an activating group) is 1. The summed E-state index contributed by atoms with van der Waals surface area (Å²) in [4.78, 5) is 29.1. The molecule has 0 aliphatic carbocycles. The molecule has 9 heteroatoms. The van der Waals surface area contributed by atoms with Crippen LogP contribution in [0.25, 0.3) is 0 Å². The summed E-state index contributed by atoms with van der Waals surface area (Å²) in [6.07, 6.45) is 1.04. The molecular formula is C17H35IN4O4. The van der Waals surface area contributed by atoms with Gasteiger partial charge in [-0.15, -0.1) is 24.0 Å². The van der Waals surface area contributed by atoms with Gasteiger partial charge in [0.2, 0.25) is 5.91 Å². The van der Waals surface area contributed by atoms with Crippen LogP contribution in [0.4, 0.5) is 0 Å². The third-order valence-corrected chi connectivity index (χ3v) is 2.87. The summed E-state index contributed by atoms with van der Waals surface area (Å²) in [5.41, 5.74) is -0.496. The number of carbonyl (C=O) groups excluding carboxylic acids is 2. The first kappa shape index (κ1) is 27.1. The SMILES string of the molecule is CCOCCCNC(=NCC(=O)N(C)C)NCCC(=O)OC(C)(C)C.I. The smallest absolute Gasteiger partial charge is 0.308 e. The van der Waals surface area contributed by atoms with Crippen LogP contribution in [0.1, 0.15) is 40.5 Å². The third-order valence-electron chi connectivity index (χ3n) is 2.87. The second-order valence-corrected chi connectivity index (χ2v) is 6.69. The number of ether oxygens (including phenoxy) is 2. The maximum Gasteiger partial charge on any atom is 0.308 e. The molecule has 1 amide bonds. The van der Waals surface area contributed by atoms with E-state index in [0.29, 0.717) is 32.3 Å². The van der Waals surface area contributed by atoms with Gasteiger partial charge in [-0.1, -0.05) is 0 Å². The van der Waals surface area contributed by atoms with Crippen molar-refractivity contribution in [2.45, 2.75) is 46.1 Å². The number of nitrogens with one attached hydrogen (secondary N) is 2. The second-order valence-electron chi connectivity index (χ2n) is 6.69. The topological polar surface area (TPSA) is 92.3 Å². The number of carbonyl (C=O) groups is 2. The highest BCUT2D eigenvalue weighted by Crippen LogP contribution is 2.07. The molecule has 0 spiro atoms. The van der Waals surface area contributed by atoms with Crippen LogP contribution in [0.5, 0.6) is 0 Å². The van der Waals surface area contributed by atoms with Crippen LogP contribution < -0.4 is 10.6 Å². The molecule has 26 heavy (non-hydrogen) atoms. The van der Waals surface area contributed by atoms with Gasteiger partial charge in [0.05, 0.1) is 6.42 Å². The van der Waals surface area contributed by atoms with Crippen molar-refractivity contribution in [2.75, 3.05) is 46.9 Å². The molecule has 0 atom stereocenters. The Labute approximate surface area is 174 Å². The summed E-state index contributed by atoms with van der Waals surface area (Å²) < 4.78 is 10.5. The number of guanidine groups is 1. The van der Waals surface area contributed by atoms with E-state index in [1.165, 1.54) is 4.90 Å². The van der Waals surface area contributed by atoms with Gasteiger partial charge in [0.1, 0.15) is 12.1 Å². The molecule has 0 aromatic heterocycles. The fourth-order valence-corrected chi connectivity index (χ4v) is 1.66. The van der Waals surface area contributed by atoms with Gasteiger partial charge in [-0.05, 0) is 34.1 Å². The van der Waals surface area contributed by atoms with E-state index in [2.05, 4.69) is 15.6 Å². The van der Waals surface area contributed by atoms with Crippen molar-refractivity contribution in [3.63, 3.8) is 0 Å². The van der Waals surface area contributed by atoms with Gasteiger partial charge in [-0.25, -0.2) is 4.99 Å². The first-order valence-electron chi connectivity index (χ1n) is 8.67. The lowest BCUT2D eigenvalue weighted by atomic mass is 10.2. The molecule has 0 aromatic carbocycles. The molecular weight excluding hydrogens is 451 g/mol. The minimum Gasteiger partial charge on any atom is -0.460 e. The van der Waals surface area contributed by atoms with Crippen LogP contribution in [0.2, 0.25) is 0 Å². The van der Waals surface area contributed by atoms with E-state index in [9.17, 15) is 9.59 Å². The standard InChI is InChI=1S/C17H34N4O4.HI/c1-7-24-12-8-10-18-16(20-13-14(22)21(5)6)19-11-9-15(23)25-17(2,3)4;/h7-13H2,1-6H3,(H2,18,19,20);1H. The Morgan fingerprint density at radius 1 is 1.12 bits per heavy atom. The van der Waals surface area contributed by atoms with Crippen LogP contribution in [0, 0.1) is 0 Å². The molecule has 0 rings (SSSR count). The van der Waals surface area contributed by atoms with E-state index in [-0.39, 0.29) is 48.8 Å². The third kappa shape index (κ3) is 16.4. The summed E-state index contributed by atoms with van der Waals surface area (Å²) in [5, 5.41) is 6.18. The van der Waals surface area contributed by atoms with E-state index < -0.39 is 5.60 Å². The van der Waals surface area contributed by atoms with Crippen molar-refractivity contribution in [1.82, 2.24) is 15.5 Å². The van der Waals surface area contributed by atoms with Gasteiger partial charge < -0.3 is 25.0 Å². The number of esters is 1. The predicted molar refractivity (Wildman–Crippen MR) is 114 cm³/mol. The van der Waals surface area contributed by atoms with Crippen molar-refractivity contribution < 1.29 is 19.1 Å². The molecule has 0 aromatic rings. The maximum absolute atomic E-state index is 11.7. The number of amides is 1. The van der Waals surface area contributed by atoms with Crippen LogP contribution in [-0.4, -0.2) is 75.3 Å². The number of rotatable bonds is 10. The number of halogens is 1. The summed E-state index contributed by atoms with van der Waals surface area (Å²) >= 11 is 0. The molecule has 0 heterocycles. The van der Waals surface area contributed by atoms with Gasteiger partial charge in [-0.2, -0.15) is 0 Å². The average Bonchev–Trinajstić information content (AvgIpc) is 2.49. The van der Waals surface area contributed by atoms with Gasteiger partial charge in [-0.3, -0.25) is 9.59 Å². The molecule has 0 aliphatic rings. The fourth-order valence-electron chi connectivity index (χ4n) is 1.66. The van der Waals surface area contributed by atoms with Crippen molar-refractivity contribution in [3.05, 3.63) is 0 Å². The zero-order valence-electron chi connectivity index (χ0n) is 16.9. The molecule has 0 fully saturated rings. The van der Waals surface area contributed by atoms with Gasteiger partial charge >= 0.3 is 5.97 Å². The highest BCUT2D eigenvalue weighted by Gasteiger charge is 2.15. The Morgan fingerprint density at radius 2 is 1.73 bits per heavy atom. The Hall–Kier alpha value is -1.10. The van der Waals surface area contributed by atoms with Crippen molar-refractivity contribution in [1.29, 1.82) is 0 Å². The Morgan fingerprint density at radius 3 is 2.27 bits per heavy atom. The number of hydrogen-bond acceptors (Lipinski definition) is 5. The van der Waals surface area contributed by atoms with E-state index in [1.54, 1.807) is 14.1 Å². The summed E-state index contributed by atoms with van der Waals surface area (Å²) in [7, 11) is 3.37. The quantitative estimate of drug-likeness (QED) is 0.160. The molecule has 0 unspecified atom stereocenters. The summed E-state index contributed by atoms with van der Waals surface area (Å²) in [6.45, 7) is 9.87. The lowest BCUT2D eigenvalue weighted by molar-refractivity contribution is -0.154. The monoisotopic (exact) mass is 486 g/mol. The lowest BCUT2D eigenvalue weighted by Crippen LogP contribution is -2.40. The van der Waals surface area contributed by atoms with Gasteiger partial charge in [0, 0.05) is 40.4 Å². The zero-order chi connectivity index (χ0) is 19.3. The Bertz CT molecular complexity index is 437. The average molecular weight is 486 g/mol. The molecule has 154 valence electrons. The molecule has 0 bridgehead atoms. The molecule has 2 N–H and O–H groups in total. The Kier molecular flexibility index (Phi) is 15.7. The summed E-state index contributed by atoms with van der Waals surface area (Å²) in [5.74, 6) is 0.123. The van der Waals surface area contributed by atoms with Gasteiger partial charge in [0.25, 0.3) is 0 Å². The molecule has 0 saturated carbocycles. The van der Waals surface area contributed by atoms with E-state index in [4.69, 9.17) is 9.47 Å².